The summed E-state index contributed by atoms with van der Waals surface area (Å²) in [4.78, 5) is 0. The number of hydrogen-bond acceptors (Lipinski definition) is 1. The first-order valence-corrected chi connectivity index (χ1v) is 7.94. The molecule has 0 unspecified atom stereocenters. The molecule has 1 N–H and O–H groups in total. The third kappa shape index (κ3) is 4.11. The summed E-state index contributed by atoms with van der Waals surface area (Å²) in [5.74, 6) is 0. The molecule has 0 heterocycles. The maximum absolute atomic E-state index is 6.32. The van der Waals surface area contributed by atoms with Crippen LogP contribution in [0.2, 0.25) is 10.0 Å². The van der Waals surface area contributed by atoms with Gasteiger partial charge in [0.15, 0.2) is 0 Å². The summed E-state index contributed by atoms with van der Waals surface area (Å²) in [5, 5.41) is 5.24. The van der Waals surface area contributed by atoms with Crippen molar-refractivity contribution in [2.24, 2.45) is 5.41 Å². The highest BCUT2D eigenvalue weighted by molar-refractivity contribution is 6.33. The average Bonchev–Trinajstić information content (AvgIpc) is 2.81. The first-order chi connectivity index (χ1) is 9.01. The summed E-state index contributed by atoms with van der Waals surface area (Å²) in [7, 11) is 0. The molecule has 1 aromatic carbocycles. The van der Waals surface area contributed by atoms with Gasteiger partial charge in [0.2, 0.25) is 0 Å². The van der Waals surface area contributed by atoms with Crippen LogP contribution in [0, 0.1) is 5.41 Å². The standard InChI is InChI=1S/C16H23Cl2N/c1-12(2)19-11-16(7-3-4-8-16)10-13-9-14(17)5-6-15(13)18/h5-6,9,12,19H,3-4,7-8,10-11H2,1-2H3. The number of hydrogen-bond donors (Lipinski definition) is 1. The Morgan fingerprint density at radius 2 is 1.89 bits per heavy atom. The van der Waals surface area contributed by atoms with Gasteiger partial charge in [-0.05, 0) is 48.4 Å². The van der Waals surface area contributed by atoms with E-state index in [-0.39, 0.29) is 0 Å². The van der Waals surface area contributed by atoms with Crippen LogP contribution in [0.3, 0.4) is 0 Å². The van der Waals surface area contributed by atoms with E-state index < -0.39 is 0 Å². The monoisotopic (exact) mass is 299 g/mol. The van der Waals surface area contributed by atoms with Gasteiger partial charge in [-0.15, -0.1) is 0 Å². The molecule has 1 fully saturated rings. The Morgan fingerprint density at radius 1 is 1.21 bits per heavy atom. The van der Waals surface area contributed by atoms with E-state index in [9.17, 15) is 0 Å². The molecule has 106 valence electrons. The predicted molar refractivity (Wildman–Crippen MR) is 84.2 cm³/mol. The normalized spacial score (nSPS) is 18.2. The van der Waals surface area contributed by atoms with Gasteiger partial charge >= 0.3 is 0 Å². The Bertz CT molecular complexity index is 423. The lowest BCUT2D eigenvalue weighted by Crippen LogP contribution is -2.37. The molecule has 0 radical (unpaired) electrons. The van der Waals surface area contributed by atoms with Crippen LogP contribution in [0.4, 0.5) is 0 Å². The van der Waals surface area contributed by atoms with Crippen molar-refractivity contribution in [2.45, 2.75) is 52.0 Å². The van der Waals surface area contributed by atoms with E-state index in [1.165, 1.54) is 31.2 Å². The van der Waals surface area contributed by atoms with Gasteiger partial charge in [-0.1, -0.05) is 49.9 Å². The van der Waals surface area contributed by atoms with Crippen molar-refractivity contribution in [3.8, 4) is 0 Å². The van der Waals surface area contributed by atoms with E-state index in [1.54, 1.807) is 0 Å². The molecule has 0 saturated heterocycles. The minimum atomic E-state index is 0.360. The molecule has 19 heavy (non-hydrogen) atoms. The minimum Gasteiger partial charge on any atom is -0.314 e. The van der Waals surface area contributed by atoms with Crippen LogP contribution in [-0.4, -0.2) is 12.6 Å². The highest BCUT2D eigenvalue weighted by atomic mass is 35.5. The summed E-state index contributed by atoms with van der Waals surface area (Å²) in [6, 6.07) is 6.34. The Morgan fingerprint density at radius 3 is 2.53 bits per heavy atom. The summed E-state index contributed by atoms with van der Waals surface area (Å²) in [6.07, 6.45) is 6.27. The van der Waals surface area contributed by atoms with E-state index >= 15 is 0 Å². The van der Waals surface area contributed by atoms with Crippen molar-refractivity contribution < 1.29 is 0 Å². The maximum Gasteiger partial charge on any atom is 0.0439 e. The fraction of sp³-hybridized carbons (Fsp3) is 0.625. The largest absolute Gasteiger partial charge is 0.314 e. The highest BCUT2D eigenvalue weighted by Gasteiger charge is 2.34. The molecule has 0 amide bonds. The quantitative estimate of drug-likeness (QED) is 0.798. The second-order valence-electron chi connectivity index (χ2n) is 6.16. The molecule has 1 aromatic rings. The van der Waals surface area contributed by atoms with Crippen LogP contribution < -0.4 is 5.32 Å². The zero-order valence-electron chi connectivity index (χ0n) is 11.8. The molecule has 3 heteroatoms. The lowest BCUT2D eigenvalue weighted by Gasteiger charge is -2.31. The van der Waals surface area contributed by atoms with Crippen molar-refractivity contribution in [1.82, 2.24) is 5.32 Å². The molecule has 1 nitrogen and oxygen atoms in total. The molecular weight excluding hydrogens is 277 g/mol. The number of halogens is 2. The van der Waals surface area contributed by atoms with E-state index in [4.69, 9.17) is 23.2 Å². The van der Waals surface area contributed by atoms with Gasteiger partial charge in [0.1, 0.15) is 0 Å². The van der Waals surface area contributed by atoms with Crippen LogP contribution in [0.15, 0.2) is 18.2 Å². The van der Waals surface area contributed by atoms with Crippen molar-refractivity contribution in [2.75, 3.05) is 6.54 Å². The van der Waals surface area contributed by atoms with Gasteiger partial charge in [0, 0.05) is 22.6 Å². The average molecular weight is 300 g/mol. The smallest absolute Gasteiger partial charge is 0.0439 e. The van der Waals surface area contributed by atoms with Crippen LogP contribution in [0.5, 0.6) is 0 Å². The van der Waals surface area contributed by atoms with Gasteiger partial charge in [-0.3, -0.25) is 0 Å². The lowest BCUT2D eigenvalue weighted by molar-refractivity contribution is 0.269. The SMILES string of the molecule is CC(C)NCC1(Cc2cc(Cl)ccc2Cl)CCCC1. The molecule has 0 aliphatic heterocycles. The second kappa shape index (κ2) is 6.47. The molecular formula is C16H23Cl2N. The topological polar surface area (TPSA) is 12.0 Å². The summed E-state index contributed by atoms with van der Waals surface area (Å²) >= 11 is 12.4. The van der Waals surface area contributed by atoms with E-state index in [0.29, 0.717) is 11.5 Å². The molecule has 1 aliphatic rings. The maximum atomic E-state index is 6.32. The minimum absolute atomic E-state index is 0.360. The van der Waals surface area contributed by atoms with Gasteiger partial charge in [0.25, 0.3) is 0 Å². The molecule has 0 atom stereocenters. The zero-order valence-corrected chi connectivity index (χ0v) is 13.3. The third-order valence-corrected chi connectivity index (χ3v) is 4.73. The first-order valence-electron chi connectivity index (χ1n) is 7.18. The van der Waals surface area contributed by atoms with Crippen LogP contribution >= 0.6 is 23.2 Å². The van der Waals surface area contributed by atoms with E-state index in [1.807, 2.05) is 18.2 Å². The Labute approximate surface area is 126 Å². The fourth-order valence-corrected chi connectivity index (χ4v) is 3.42. The summed E-state index contributed by atoms with van der Waals surface area (Å²) < 4.78 is 0. The lowest BCUT2D eigenvalue weighted by atomic mass is 9.79. The van der Waals surface area contributed by atoms with E-state index in [0.717, 1.165) is 23.0 Å². The number of benzene rings is 1. The molecule has 0 spiro atoms. The van der Waals surface area contributed by atoms with Gasteiger partial charge in [-0.2, -0.15) is 0 Å². The van der Waals surface area contributed by atoms with Crippen molar-refractivity contribution in [3.05, 3.63) is 33.8 Å². The second-order valence-corrected chi connectivity index (χ2v) is 7.00. The molecule has 0 aromatic heterocycles. The molecule has 0 bridgehead atoms. The number of rotatable bonds is 5. The Balaban J connectivity index is 2.13. The summed E-state index contributed by atoms with van der Waals surface area (Å²) in [5.41, 5.74) is 1.56. The van der Waals surface area contributed by atoms with Gasteiger partial charge in [0.05, 0.1) is 0 Å². The third-order valence-electron chi connectivity index (χ3n) is 4.12. The van der Waals surface area contributed by atoms with Crippen LogP contribution in [0.1, 0.15) is 45.1 Å². The fourth-order valence-electron chi connectivity index (χ4n) is 3.04. The molecule has 1 saturated carbocycles. The molecule has 1 aliphatic carbocycles. The summed E-state index contributed by atoms with van der Waals surface area (Å²) in [6.45, 7) is 5.48. The predicted octanol–water partition coefficient (Wildman–Crippen LogP) is 5.09. The first kappa shape index (κ1) is 15.2. The number of nitrogens with one attached hydrogen (secondary N) is 1. The van der Waals surface area contributed by atoms with Gasteiger partial charge in [-0.25, -0.2) is 0 Å². The Hall–Kier alpha value is -0.240. The highest BCUT2D eigenvalue weighted by Crippen LogP contribution is 2.42. The molecule has 2 rings (SSSR count). The van der Waals surface area contributed by atoms with E-state index in [2.05, 4.69) is 19.2 Å². The zero-order chi connectivity index (χ0) is 13.9. The van der Waals surface area contributed by atoms with Crippen LogP contribution in [-0.2, 0) is 6.42 Å². The Kier molecular flexibility index (Phi) is 5.16. The van der Waals surface area contributed by atoms with Crippen molar-refractivity contribution in [3.63, 3.8) is 0 Å². The van der Waals surface area contributed by atoms with Gasteiger partial charge < -0.3 is 5.32 Å². The van der Waals surface area contributed by atoms with Crippen LogP contribution in [0.25, 0.3) is 0 Å². The van der Waals surface area contributed by atoms with Crippen molar-refractivity contribution in [1.29, 1.82) is 0 Å². The van der Waals surface area contributed by atoms with Crippen molar-refractivity contribution >= 4 is 23.2 Å².